The monoisotopic (exact) mass is 242 g/mol. The molecule has 0 amide bonds. The smallest absolute Gasteiger partial charge is 0.00872 e. The molecule has 1 atom stereocenters. The first kappa shape index (κ1) is 16.9. The second kappa shape index (κ2) is 8.93. The Morgan fingerprint density at radius 3 is 2.12 bits per heavy atom. The van der Waals surface area contributed by atoms with Crippen LogP contribution in [0.1, 0.15) is 60.3 Å². The number of hydrogen-bond acceptors (Lipinski definition) is 2. The van der Waals surface area contributed by atoms with E-state index in [9.17, 15) is 0 Å². The highest BCUT2D eigenvalue weighted by Crippen LogP contribution is 2.25. The fourth-order valence-corrected chi connectivity index (χ4v) is 2.90. The first-order chi connectivity index (χ1) is 8.02. The van der Waals surface area contributed by atoms with E-state index in [1.54, 1.807) is 0 Å². The van der Waals surface area contributed by atoms with Gasteiger partial charge in [0.15, 0.2) is 0 Å². The first-order valence-electron chi connectivity index (χ1n) is 7.43. The van der Waals surface area contributed by atoms with Crippen molar-refractivity contribution >= 4 is 0 Å². The second-order valence-corrected chi connectivity index (χ2v) is 5.73. The Balaban J connectivity index is 4.39. The molecule has 0 bridgehead atoms. The number of rotatable bonds is 10. The maximum Gasteiger partial charge on any atom is 0.00872 e. The van der Waals surface area contributed by atoms with E-state index in [1.807, 2.05) is 0 Å². The van der Waals surface area contributed by atoms with E-state index in [0.29, 0.717) is 5.41 Å². The second-order valence-electron chi connectivity index (χ2n) is 5.73. The van der Waals surface area contributed by atoms with Crippen LogP contribution in [0.4, 0.5) is 0 Å². The van der Waals surface area contributed by atoms with Crippen LogP contribution < -0.4 is 5.32 Å². The molecule has 0 heterocycles. The van der Waals surface area contributed by atoms with E-state index < -0.39 is 0 Å². The molecule has 2 nitrogen and oxygen atoms in total. The van der Waals surface area contributed by atoms with Crippen LogP contribution in [0.5, 0.6) is 0 Å². The van der Waals surface area contributed by atoms with Crippen LogP contribution in [-0.4, -0.2) is 37.6 Å². The summed E-state index contributed by atoms with van der Waals surface area (Å²) in [6.45, 7) is 14.9. The zero-order chi connectivity index (χ0) is 13.3. The van der Waals surface area contributed by atoms with Gasteiger partial charge in [-0.1, -0.05) is 41.0 Å². The van der Waals surface area contributed by atoms with E-state index in [1.165, 1.54) is 32.2 Å². The van der Waals surface area contributed by atoms with Gasteiger partial charge in [0.05, 0.1) is 0 Å². The van der Waals surface area contributed by atoms with E-state index >= 15 is 0 Å². The van der Waals surface area contributed by atoms with Crippen LogP contribution >= 0.6 is 0 Å². The van der Waals surface area contributed by atoms with Crippen molar-refractivity contribution in [2.24, 2.45) is 5.41 Å². The molecule has 0 aromatic carbocycles. The van der Waals surface area contributed by atoms with Gasteiger partial charge in [-0.2, -0.15) is 0 Å². The molecule has 0 saturated carbocycles. The first-order valence-corrected chi connectivity index (χ1v) is 7.43. The molecule has 0 aliphatic rings. The predicted octanol–water partition coefficient (Wildman–Crippen LogP) is 3.52. The van der Waals surface area contributed by atoms with Gasteiger partial charge < -0.3 is 10.2 Å². The molecule has 0 aromatic heterocycles. The molecule has 0 aliphatic carbocycles. The molecule has 0 radical (unpaired) electrons. The maximum absolute atomic E-state index is 3.53. The molecule has 0 saturated heterocycles. The Kier molecular flexibility index (Phi) is 8.89. The summed E-state index contributed by atoms with van der Waals surface area (Å²) in [5.41, 5.74) is 0.419. The van der Waals surface area contributed by atoms with Crippen LogP contribution in [0.3, 0.4) is 0 Å². The number of nitrogens with zero attached hydrogens (tertiary/aromatic N) is 1. The maximum atomic E-state index is 3.53. The fourth-order valence-electron chi connectivity index (χ4n) is 2.90. The average Bonchev–Trinajstić information content (AvgIpc) is 2.28. The summed E-state index contributed by atoms with van der Waals surface area (Å²) >= 11 is 0. The molecule has 0 aliphatic heterocycles. The van der Waals surface area contributed by atoms with Crippen LogP contribution in [-0.2, 0) is 0 Å². The van der Waals surface area contributed by atoms with Crippen molar-refractivity contribution in [2.75, 3.05) is 26.7 Å². The lowest BCUT2D eigenvalue weighted by Crippen LogP contribution is -2.44. The Hall–Kier alpha value is -0.0800. The van der Waals surface area contributed by atoms with Crippen molar-refractivity contribution in [3.63, 3.8) is 0 Å². The average molecular weight is 242 g/mol. The topological polar surface area (TPSA) is 15.3 Å². The third-order valence-corrected chi connectivity index (χ3v) is 3.85. The summed E-state index contributed by atoms with van der Waals surface area (Å²) in [6, 6.07) is 0.743. The van der Waals surface area contributed by atoms with Crippen molar-refractivity contribution in [2.45, 2.75) is 66.3 Å². The van der Waals surface area contributed by atoms with Crippen LogP contribution in [0.15, 0.2) is 0 Å². The summed E-state index contributed by atoms with van der Waals surface area (Å²) in [5, 5.41) is 3.53. The summed E-state index contributed by atoms with van der Waals surface area (Å²) in [6.07, 6.45) is 5.11. The molecule has 2 heteroatoms. The molecular weight excluding hydrogens is 208 g/mol. The molecule has 104 valence electrons. The standard InChI is InChI=1S/C15H34N2/c1-7-11-15(5,12-16-10-4)13-17(6)14(8-2)9-3/h14,16H,7-13H2,1-6H3. The molecule has 1 unspecified atom stereocenters. The Morgan fingerprint density at radius 1 is 1.12 bits per heavy atom. The molecule has 0 aromatic rings. The van der Waals surface area contributed by atoms with Crippen molar-refractivity contribution in [3.8, 4) is 0 Å². The third-order valence-electron chi connectivity index (χ3n) is 3.85. The lowest BCUT2D eigenvalue weighted by Gasteiger charge is -2.37. The molecule has 17 heavy (non-hydrogen) atoms. The highest BCUT2D eigenvalue weighted by atomic mass is 15.1. The molecule has 0 spiro atoms. The van der Waals surface area contributed by atoms with Gasteiger partial charge in [-0.3, -0.25) is 0 Å². The minimum absolute atomic E-state index is 0.419. The van der Waals surface area contributed by atoms with Gasteiger partial charge in [-0.15, -0.1) is 0 Å². The summed E-state index contributed by atoms with van der Waals surface area (Å²) in [5.74, 6) is 0. The van der Waals surface area contributed by atoms with Gasteiger partial charge in [0.25, 0.3) is 0 Å². The normalized spacial score (nSPS) is 15.5. The lowest BCUT2D eigenvalue weighted by molar-refractivity contribution is 0.130. The quantitative estimate of drug-likeness (QED) is 0.630. The van der Waals surface area contributed by atoms with Crippen molar-refractivity contribution in [3.05, 3.63) is 0 Å². The van der Waals surface area contributed by atoms with Gasteiger partial charge in [-0.05, 0) is 38.3 Å². The SMILES string of the molecule is CCCC(C)(CNCC)CN(C)C(CC)CC. The minimum Gasteiger partial charge on any atom is -0.316 e. The summed E-state index contributed by atoms with van der Waals surface area (Å²) in [7, 11) is 2.29. The Morgan fingerprint density at radius 2 is 1.71 bits per heavy atom. The van der Waals surface area contributed by atoms with Gasteiger partial charge in [0.2, 0.25) is 0 Å². The Labute approximate surface area is 109 Å². The zero-order valence-electron chi connectivity index (χ0n) is 13.0. The van der Waals surface area contributed by atoms with Crippen LogP contribution in [0.2, 0.25) is 0 Å². The van der Waals surface area contributed by atoms with E-state index in [0.717, 1.165) is 19.1 Å². The van der Waals surface area contributed by atoms with Crippen LogP contribution in [0, 0.1) is 5.41 Å². The molecular formula is C15H34N2. The van der Waals surface area contributed by atoms with Gasteiger partial charge in [0, 0.05) is 19.1 Å². The number of hydrogen-bond donors (Lipinski definition) is 1. The van der Waals surface area contributed by atoms with Gasteiger partial charge >= 0.3 is 0 Å². The summed E-state index contributed by atoms with van der Waals surface area (Å²) < 4.78 is 0. The summed E-state index contributed by atoms with van der Waals surface area (Å²) in [4.78, 5) is 2.56. The fraction of sp³-hybridized carbons (Fsp3) is 1.00. The van der Waals surface area contributed by atoms with E-state index in [4.69, 9.17) is 0 Å². The molecule has 0 fully saturated rings. The van der Waals surface area contributed by atoms with Crippen LogP contribution in [0.25, 0.3) is 0 Å². The van der Waals surface area contributed by atoms with Gasteiger partial charge in [-0.25, -0.2) is 0 Å². The third kappa shape index (κ3) is 6.42. The largest absolute Gasteiger partial charge is 0.316 e. The zero-order valence-corrected chi connectivity index (χ0v) is 13.0. The highest BCUT2D eigenvalue weighted by molar-refractivity contribution is 4.81. The minimum atomic E-state index is 0.419. The lowest BCUT2D eigenvalue weighted by atomic mass is 9.84. The van der Waals surface area contributed by atoms with E-state index in [2.05, 4.69) is 51.9 Å². The van der Waals surface area contributed by atoms with Crippen molar-refractivity contribution < 1.29 is 0 Å². The Bertz CT molecular complexity index is 178. The molecule has 1 N–H and O–H groups in total. The highest BCUT2D eigenvalue weighted by Gasteiger charge is 2.26. The molecule has 0 rings (SSSR count). The van der Waals surface area contributed by atoms with Crippen molar-refractivity contribution in [1.82, 2.24) is 10.2 Å². The van der Waals surface area contributed by atoms with Gasteiger partial charge in [0.1, 0.15) is 0 Å². The van der Waals surface area contributed by atoms with E-state index in [-0.39, 0.29) is 0 Å². The number of nitrogens with one attached hydrogen (secondary N) is 1. The van der Waals surface area contributed by atoms with Crippen molar-refractivity contribution in [1.29, 1.82) is 0 Å². The predicted molar refractivity (Wildman–Crippen MR) is 78.6 cm³/mol.